The minimum atomic E-state index is 0.303. The van der Waals surface area contributed by atoms with Gasteiger partial charge in [-0.1, -0.05) is 6.07 Å². The highest BCUT2D eigenvalue weighted by atomic mass is 32.1. The summed E-state index contributed by atoms with van der Waals surface area (Å²) in [5, 5.41) is 5.46. The van der Waals surface area contributed by atoms with Gasteiger partial charge in [-0.3, -0.25) is 9.69 Å². The number of hydrogen-bond acceptors (Lipinski definition) is 4. The van der Waals surface area contributed by atoms with Gasteiger partial charge in [0.1, 0.15) is 0 Å². The maximum atomic E-state index is 12.5. The first-order valence-electron chi connectivity index (χ1n) is 7.58. The predicted molar refractivity (Wildman–Crippen MR) is 81.8 cm³/mol. The Bertz CT molecular complexity index is 422. The van der Waals surface area contributed by atoms with Gasteiger partial charge in [0.2, 0.25) is 5.91 Å². The van der Waals surface area contributed by atoms with E-state index in [-0.39, 0.29) is 0 Å². The molecule has 1 aliphatic heterocycles. The molecule has 1 aromatic heterocycles. The van der Waals surface area contributed by atoms with Gasteiger partial charge < -0.3 is 10.2 Å². The van der Waals surface area contributed by atoms with E-state index in [1.54, 1.807) is 11.3 Å². The van der Waals surface area contributed by atoms with Crippen molar-refractivity contribution in [2.75, 3.05) is 32.7 Å². The summed E-state index contributed by atoms with van der Waals surface area (Å²) in [5.74, 6) is 0.303. The van der Waals surface area contributed by atoms with E-state index in [1.165, 1.54) is 17.7 Å². The van der Waals surface area contributed by atoms with Crippen molar-refractivity contribution in [3.63, 3.8) is 0 Å². The molecular weight excluding hydrogens is 270 g/mol. The minimum Gasteiger partial charge on any atom is -0.340 e. The van der Waals surface area contributed by atoms with Gasteiger partial charge in [0.15, 0.2) is 0 Å². The fourth-order valence-electron chi connectivity index (χ4n) is 2.73. The van der Waals surface area contributed by atoms with Crippen molar-refractivity contribution in [3.8, 4) is 0 Å². The van der Waals surface area contributed by atoms with E-state index in [9.17, 15) is 4.79 Å². The van der Waals surface area contributed by atoms with E-state index in [1.807, 2.05) is 4.90 Å². The lowest BCUT2D eigenvalue weighted by atomic mass is 10.3. The third kappa shape index (κ3) is 3.81. The molecule has 1 saturated heterocycles. The monoisotopic (exact) mass is 293 g/mol. The second-order valence-electron chi connectivity index (χ2n) is 5.70. The number of nitrogens with zero attached hydrogens (tertiary/aromatic N) is 2. The summed E-state index contributed by atoms with van der Waals surface area (Å²) >= 11 is 1.79. The number of thiophene rings is 1. The van der Waals surface area contributed by atoms with Crippen molar-refractivity contribution in [1.29, 1.82) is 0 Å². The Morgan fingerprint density at radius 1 is 1.40 bits per heavy atom. The molecule has 20 heavy (non-hydrogen) atoms. The van der Waals surface area contributed by atoms with Crippen LogP contribution < -0.4 is 5.32 Å². The van der Waals surface area contributed by atoms with Gasteiger partial charge in [-0.15, -0.1) is 11.3 Å². The molecule has 110 valence electrons. The number of nitrogens with one attached hydrogen (secondary N) is 1. The molecule has 0 atom stereocenters. The maximum absolute atomic E-state index is 12.5. The Hall–Kier alpha value is -0.910. The van der Waals surface area contributed by atoms with Gasteiger partial charge in [-0.2, -0.15) is 0 Å². The smallest absolute Gasteiger partial charge is 0.236 e. The zero-order chi connectivity index (χ0) is 13.8. The molecule has 1 N–H and O–H groups in total. The summed E-state index contributed by atoms with van der Waals surface area (Å²) in [6.45, 7) is 5.24. The molecule has 0 radical (unpaired) electrons. The lowest BCUT2D eigenvalue weighted by Crippen LogP contribution is -2.42. The van der Waals surface area contributed by atoms with Crippen molar-refractivity contribution in [2.24, 2.45) is 0 Å². The standard InChI is InChI=1S/C15H23N3OS/c19-15(17-8-2-6-16-7-9-17)12-18(13-4-5-13)11-14-3-1-10-20-14/h1,3,10,13,16H,2,4-9,11-12H2. The van der Waals surface area contributed by atoms with E-state index in [0.717, 1.165) is 39.1 Å². The van der Waals surface area contributed by atoms with Crippen LogP contribution in [0, 0.1) is 0 Å². The highest BCUT2D eigenvalue weighted by Crippen LogP contribution is 2.29. The third-order valence-electron chi connectivity index (χ3n) is 4.03. The Morgan fingerprint density at radius 2 is 2.30 bits per heavy atom. The molecular formula is C15H23N3OS. The fraction of sp³-hybridized carbons (Fsp3) is 0.667. The van der Waals surface area contributed by atoms with Crippen molar-refractivity contribution >= 4 is 17.2 Å². The summed E-state index contributed by atoms with van der Waals surface area (Å²) < 4.78 is 0. The molecule has 0 aromatic carbocycles. The minimum absolute atomic E-state index is 0.303. The van der Waals surface area contributed by atoms with Crippen molar-refractivity contribution in [2.45, 2.75) is 31.8 Å². The highest BCUT2D eigenvalue weighted by Gasteiger charge is 2.31. The number of hydrogen-bond donors (Lipinski definition) is 1. The molecule has 1 amide bonds. The van der Waals surface area contributed by atoms with E-state index in [0.29, 0.717) is 18.5 Å². The third-order valence-corrected chi connectivity index (χ3v) is 4.89. The van der Waals surface area contributed by atoms with Gasteiger partial charge in [-0.25, -0.2) is 0 Å². The van der Waals surface area contributed by atoms with E-state index < -0.39 is 0 Å². The second-order valence-corrected chi connectivity index (χ2v) is 6.73. The summed E-state index contributed by atoms with van der Waals surface area (Å²) in [5.41, 5.74) is 0. The van der Waals surface area contributed by atoms with Crippen LogP contribution >= 0.6 is 11.3 Å². The number of amides is 1. The van der Waals surface area contributed by atoms with Crippen LogP contribution in [-0.4, -0.2) is 54.5 Å². The first-order chi connectivity index (χ1) is 9.83. The number of carbonyl (C=O) groups is 1. The zero-order valence-corrected chi connectivity index (χ0v) is 12.7. The van der Waals surface area contributed by atoms with Gasteiger partial charge in [0.25, 0.3) is 0 Å². The molecule has 2 heterocycles. The average Bonchev–Trinajstić information content (AvgIpc) is 3.23. The SMILES string of the molecule is O=C(CN(Cc1cccs1)C1CC1)N1CCCNCC1. The Morgan fingerprint density at radius 3 is 3.05 bits per heavy atom. The quantitative estimate of drug-likeness (QED) is 0.894. The molecule has 4 nitrogen and oxygen atoms in total. The summed E-state index contributed by atoms with van der Waals surface area (Å²) in [4.78, 5) is 18.2. The van der Waals surface area contributed by atoms with E-state index in [2.05, 4.69) is 27.7 Å². The molecule has 1 aromatic rings. The molecule has 0 bridgehead atoms. The van der Waals surface area contributed by atoms with Crippen LogP contribution in [0.5, 0.6) is 0 Å². The Kier molecular flexibility index (Phi) is 4.70. The van der Waals surface area contributed by atoms with Crippen molar-refractivity contribution < 1.29 is 4.79 Å². The molecule has 2 fully saturated rings. The lowest BCUT2D eigenvalue weighted by Gasteiger charge is -2.26. The van der Waals surface area contributed by atoms with Crippen molar-refractivity contribution in [1.82, 2.24) is 15.1 Å². The topological polar surface area (TPSA) is 35.6 Å². The van der Waals surface area contributed by atoms with Crippen LogP contribution in [0.15, 0.2) is 17.5 Å². The van der Waals surface area contributed by atoms with Crippen LogP contribution in [0.2, 0.25) is 0 Å². The molecule has 5 heteroatoms. The van der Waals surface area contributed by atoms with Crippen LogP contribution in [-0.2, 0) is 11.3 Å². The van der Waals surface area contributed by atoms with Gasteiger partial charge in [0, 0.05) is 37.1 Å². The number of carbonyl (C=O) groups excluding carboxylic acids is 1. The summed E-state index contributed by atoms with van der Waals surface area (Å²) in [7, 11) is 0. The van der Waals surface area contributed by atoms with E-state index in [4.69, 9.17) is 0 Å². The largest absolute Gasteiger partial charge is 0.340 e. The summed E-state index contributed by atoms with van der Waals surface area (Å²) in [6, 6.07) is 4.89. The Balaban J connectivity index is 1.56. The maximum Gasteiger partial charge on any atom is 0.236 e. The average molecular weight is 293 g/mol. The lowest BCUT2D eigenvalue weighted by molar-refractivity contribution is -0.132. The zero-order valence-electron chi connectivity index (χ0n) is 11.9. The molecule has 0 spiro atoms. The van der Waals surface area contributed by atoms with Gasteiger partial charge >= 0.3 is 0 Å². The summed E-state index contributed by atoms with van der Waals surface area (Å²) in [6.07, 6.45) is 3.57. The molecule has 2 aliphatic rings. The van der Waals surface area contributed by atoms with Crippen LogP contribution in [0.4, 0.5) is 0 Å². The molecule has 3 rings (SSSR count). The first-order valence-corrected chi connectivity index (χ1v) is 8.46. The van der Waals surface area contributed by atoms with Gasteiger partial charge in [-0.05, 0) is 37.3 Å². The molecule has 1 saturated carbocycles. The fourth-order valence-corrected chi connectivity index (χ4v) is 3.45. The normalized spacial score (nSPS) is 20.1. The first kappa shape index (κ1) is 14.0. The highest BCUT2D eigenvalue weighted by molar-refractivity contribution is 7.09. The van der Waals surface area contributed by atoms with Gasteiger partial charge in [0.05, 0.1) is 6.54 Å². The van der Waals surface area contributed by atoms with E-state index >= 15 is 0 Å². The van der Waals surface area contributed by atoms with Crippen molar-refractivity contribution in [3.05, 3.63) is 22.4 Å². The number of rotatable bonds is 5. The van der Waals surface area contributed by atoms with Crippen LogP contribution in [0.3, 0.4) is 0 Å². The predicted octanol–water partition coefficient (Wildman–Crippen LogP) is 1.53. The Labute approximate surface area is 124 Å². The van der Waals surface area contributed by atoms with Crippen LogP contribution in [0.25, 0.3) is 0 Å². The van der Waals surface area contributed by atoms with Crippen LogP contribution in [0.1, 0.15) is 24.1 Å². The second kappa shape index (κ2) is 6.70. The molecule has 0 unspecified atom stereocenters. The molecule has 1 aliphatic carbocycles.